The van der Waals surface area contributed by atoms with Crippen LogP contribution in [0.25, 0.3) is 28.1 Å². The number of aryl methyl sites for hydroxylation is 2. The van der Waals surface area contributed by atoms with Crippen LogP contribution in [0.4, 0.5) is 5.82 Å². The number of nitrogens with two attached hydrogens (primary N) is 1. The van der Waals surface area contributed by atoms with Crippen molar-refractivity contribution in [3.8, 4) is 18.8 Å². The lowest BCUT2D eigenvalue weighted by molar-refractivity contribution is -0.120. The Balaban J connectivity index is 0.00000144. The molecule has 0 saturated carbocycles. The number of hydrogen-bond donors (Lipinski definition) is 1. The molecule has 1 amide bonds. The van der Waals surface area contributed by atoms with Gasteiger partial charge in [0, 0.05) is 46.1 Å². The number of anilines is 1. The van der Waals surface area contributed by atoms with Crippen LogP contribution in [-0.4, -0.2) is 85.8 Å². The molecule has 0 radical (unpaired) electrons. The Morgan fingerprint density at radius 2 is 1.82 bits per heavy atom. The Bertz CT molecular complexity index is 1480. The molecule has 38 heavy (non-hydrogen) atoms. The van der Waals surface area contributed by atoms with E-state index >= 15 is 0 Å². The minimum absolute atomic E-state index is 0.285. The van der Waals surface area contributed by atoms with E-state index in [4.69, 9.17) is 30.4 Å². The summed E-state index contributed by atoms with van der Waals surface area (Å²) in [5.74, 6) is 3.50. The third-order valence-corrected chi connectivity index (χ3v) is 7.12. The topological polar surface area (TPSA) is 120 Å². The number of ether oxygens (including phenoxy) is 1. The van der Waals surface area contributed by atoms with Crippen molar-refractivity contribution in [3.05, 3.63) is 35.9 Å². The van der Waals surface area contributed by atoms with Crippen molar-refractivity contribution in [2.24, 2.45) is 18.7 Å². The lowest BCUT2D eigenvalue weighted by Crippen LogP contribution is -2.50. The number of terminal acetylenes is 1. The average Bonchev–Trinajstić information content (AvgIpc) is 3.45. The van der Waals surface area contributed by atoms with Gasteiger partial charge in [0.1, 0.15) is 11.6 Å². The number of amides is 1. The number of imidazole rings is 2. The molecule has 2 aliphatic rings. The van der Waals surface area contributed by atoms with E-state index in [2.05, 4.69) is 44.8 Å². The Labute approximate surface area is 221 Å². The molecule has 0 bridgehead atoms. The summed E-state index contributed by atoms with van der Waals surface area (Å²) >= 11 is 0. The standard InChI is InChI=1S/C25H31N9O2.C2H2/c1-3-20-27-17-6-4-5-7-18(17)34(20)25-29-23-22(24(30-25)33-8-10-36-11-9-33)28-21(31(23)2)12-16-13-32(14-16)15-19(26)35;1-2/h4-7,16H,3,8-15H2,1-2H3,(H2,26,35);1-2H. The summed E-state index contributed by atoms with van der Waals surface area (Å²) in [6, 6.07) is 8.10. The number of hydrogen-bond acceptors (Lipinski definition) is 8. The molecule has 5 heterocycles. The van der Waals surface area contributed by atoms with E-state index in [-0.39, 0.29) is 5.91 Å². The second kappa shape index (κ2) is 10.8. The van der Waals surface area contributed by atoms with Crippen molar-refractivity contribution in [2.45, 2.75) is 19.8 Å². The molecule has 2 fully saturated rings. The van der Waals surface area contributed by atoms with E-state index in [1.165, 1.54) is 0 Å². The van der Waals surface area contributed by atoms with Crippen LogP contribution >= 0.6 is 0 Å². The van der Waals surface area contributed by atoms with Gasteiger partial charge < -0.3 is 19.9 Å². The zero-order valence-electron chi connectivity index (χ0n) is 21.9. The fraction of sp³-hybridized carbons (Fsp3) is 0.444. The number of para-hydroxylation sites is 2. The van der Waals surface area contributed by atoms with Crippen LogP contribution in [0, 0.1) is 18.8 Å². The first-order valence-corrected chi connectivity index (χ1v) is 12.9. The van der Waals surface area contributed by atoms with E-state index in [1.54, 1.807) is 0 Å². The van der Waals surface area contributed by atoms with Crippen LogP contribution in [0.15, 0.2) is 24.3 Å². The summed E-state index contributed by atoms with van der Waals surface area (Å²) < 4.78 is 9.77. The predicted molar refractivity (Wildman–Crippen MR) is 146 cm³/mol. The van der Waals surface area contributed by atoms with Crippen LogP contribution < -0.4 is 10.6 Å². The molecule has 11 heteroatoms. The van der Waals surface area contributed by atoms with Gasteiger partial charge in [-0.15, -0.1) is 12.8 Å². The second-order valence-corrected chi connectivity index (χ2v) is 9.64. The van der Waals surface area contributed by atoms with Gasteiger partial charge in [0.15, 0.2) is 17.0 Å². The minimum Gasteiger partial charge on any atom is -0.378 e. The maximum atomic E-state index is 11.2. The number of carbonyl (C=O) groups excluding carboxylic acids is 1. The summed E-state index contributed by atoms with van der Waals surface area (Å²) in [6.45, 7) is 6.94. The van der Waals surface area contributed by atoms with Crippen molar-refractivity contribution in [3.63, 3.8) is 0 Å². The van der Waals surface area contributed by atoms with Crippen molar-refractivity contribution >= 4 is 33.9 Å². The van der Waals surface area contributed by atoms with Gasteiger partial charge in [0.05, 0.1) is 30.8 Å². The molecular formula is C27H33N9O2. The SMILES string of the molecule is C#C.CCc1nc2ccccc2n1-c1nc(N2CCOCC2)c2nc(CC3CN(CC(N)=O)C3)n(C)c2n1. The first-order chi connectivity index (χ1) is 18.5. The molecule has 2 saturated heterocycles. The Hall–Kier alpha value is -4.01. The first-order valence-electron chi connectivity index (χ1n) is 12.9. The molecule has 2 N–H and O–H groups in total. The number of morpholine rings is 1. The van der Waals surface area contributed by atoms with Gasteiger partial charge in [-0.2, -0.15) is 9.97 Å². The fourth-order valence-electron chi connectivity index (χ4n) is 5.31. The lowest BCUT2D eigenvalue weighted by atomic mass is 9.96. The monoisotopic (exact) mass is 515 g/mol. The zero-order chi connectivity index (χ0) is 26.8. The molecule has 0 aliphatic carbocycles. The number of fused-ring (bicyclic) bond motifs is 2. The molecule has 11 nitrogen and oxygen atoms in total. The summed E-state index contributed by atoms with van der Waals surface area (Å²) in [4.78, 5) is 35.5. The molecule has 6 rings (SSSR count). The number of rotatable bonds is 7. The van der Waals surface area contributed by atoms with Crippen molar-refractivity contribution in [1.29, 1.82) is 0 Å². The van der Waals surface area contributed by atoms with Crippen LogP contribution in [0.2, 0.25) is 0 Å². The van der Waals surface area contributed by atoms with Crippen molar-refractivity contribution in [2.75, 3.05) is 50.8 Å². The quantitative estimate of drug-likeness (QED) is 0.366. The maximum Gasteiger partial charge on any atom is 0.239 e. The van der Waals surface area contributed by atoms with Crippen molar-refractivity contribution < 1.29 is 9.53 Å². The number of benzene rings is 1. The molecule has 3 aromatic heterocycles. The maximum absolute atomic E-state index is 11.2. The highest BCUT2D eigenvalue weighted by molar-refractivity contribution is 5.86. The fourth-order valence-corrected chi connectivity index (χ4v) is 5.31. The van der Waals surface area contributed by atoms with E-state index in [1.807, 2.05) is 25.2 Å². The number of aromatic nitrogens is 6. The van der Waals surface area contributed by atoms with Gasteiger partial charge >= 0.3 is 0 Å². The Morgan fingerprint density at radius 3 is 2.53 bits per heavy atom. The van der Waals surface area contributed by atoms with Crippen LogP contribution in [0.1, 0.15) is 18.6 Å². The summed E-state index contributed by atoms with van der Waals surface area (Å²) in [5, 5.41) is 0. The van der Waals surface area contributed by atoms with Gasteiger partial charge in [0.2, 0.25) is 11.9 Å². The van der Waals surface area contributed by atoms with Crippen LogP contribution in [-0.2, 0) is 29.4 Å². The number of likely N-dealkylation sites (tertiary alicyclic amines) is 1. The molecule has 0 atom stereocenters. The second-order valence-electron chi connectivity index (χ2n) is 9.64. The third kappa shape index (κ3) is 4.68. The predicted octanol–water partition coefficient (Wildman–Crippen LogP) is 1.31. The molecule has 198 valence electrons. The van der Waals surface area contributed by atoms with Gasteiger partial charge in [0.25, 0.3) is 0 Å². The van der Waals surface area contributed by atoms with E-state index in [0.717, 1.165) is 78.7 Å². The molecule has 2 aliphatic heterocycles. The average molecular weight is 516 g/mol. The molecule has 1 aromatic carbocycles. The lowest BCUT2D eigenvalue weighted by Gasteiger charge is -2.38. The highest BCUT2D eigenvalue weighted by Gasteiger charge is 2.30. The number of nitrogens with zero attached hydrogens (tertiary/aromatic N) is 8. The Kier molecular flexibility index (Phi) is 7.26. The first kappa shape index (κ1) is 25.6. The highest BCUT2D eigenvalue weighted by atomic mass is 16.5. The molecule has 0 spiro atoms. The molecule has 0 unspecified atom stereocenters. The smallest absolute Gasteiger partial charge is 0.239 e. The van der Waals surface area contributed by atoms with Gasteiger partial charge in [-0.05, 0) is 18.1 Å². The highest BCUT2D eigenvalue weighted by Crippen LogP contribution is 2.29. The van der Waals surface area contributed by atoms with Crippen LogP contribution in [0.3, 0.4) is 0 Å². The van der Waals surface area contributed by atoms with E-state index < -0.39 is 0 Å². The third-order valence-electron chi connectivity index (χ3n) is 7.12. The minimum atomic E-state index is -0.285. The summed E-state index contributed by atoms with van der Waals surface area (Å²) in [5.41, 5.74) is 8.89. The summed E-state index contributed by atoms with van der Waals surface area (Å²) in [7, 11) is 2.02. The van der Waals surface area contributed by atoms with E-state index in [0.29, 0.717) is 31.6 Å². The molecule has 4 aromatic rings. The van der Waals surface area contributed by atoms with Crippen molar-refractivity contribution in [1.82, 2.24) is 34.0 Å². The van der Waals surface area contributed by atoms with Crippen LogP contribution in [0.5, 0.6) is 0 Å². The number of carbonyl (C=O) groups is 1. The van der Waals surface area contributed by atoms with Gasteiger partial charge in [-0.1, -0.05) is 19.1 Å². The normalized spacial score (nSPS) is 16.4. The van der Waals surface area contributed by atoms with Gasteiger partial charge in [-0.3, -0.25) is 14.3 Å². The zero-order valence-corrected chi connectivity index (χ0v) is 21.9. The largest absolute Gasteiger partial charge is 0.378 e. The summed E-state index contributed by atoms with van der Waals surface area (Å²) in [6.07, 6.45) is 9.58. The van der Waals surface area contributed by atoms with Gasteiger partial charge in [-0.25, -0.2) is 9.97 Å². The Morgan fingerprint density at radius 1 is 1.08 bits per heavy atom. The molecular weight excluding hydrogens is 482 g/mol. The van der Waals surface area contributed by atoms with E-state index in [9.17, 15) is 4.79 Å². The number of primary amides is 1.